The molecule has 0 unspecified atom stereocenters. The van der Waals surface area contributed by atoms with Crippen molar-refractivity contribution in [2.45, 2.75) is 52.4 Å². The predicted molar refractivity (Wildman–Crippen MR) is 205 cm³/mol. The fourth-order valence-corrected chi connectivity index (χ4v) is 9.08. The Morgan fingerprint density at radius 3 is 2.14 bits per heavy atom. The van der Waals surface area contributed by atoms with E-state index >= 15 is 0 Å². The summed E-state index contributed by atoms with van der Waals surface area (Å²) in [5, 5.41) is 0. The quantitative estimate of drug-likeness (QED) is 0.127. The van der Waals surface area contributed by atoms with Crippen LogP contribution in [-0.4, -0.2) is 30.9 Å². The zero-order valence-corrected chi connectivity index (χ0v) is 34.0. The summed E-state index contributed by atoms with van der Waals surface area (Å²) < 4.78 is 9.13. The summed E-state index contributed by atoms with van der Waals surface area (Å²) in [5.41, 5.74) is 8.82. The van der Waals surface area contributed by atoms with E-state index in [1.807, 2.05) is 36.8 Å². The van der Waals surface area contributed by atoms with Gasteiger partial charge >= 0.3 is 245 Å². The minimum Gasteiger partial charge on any atom is -0.0565 e. The summed E-state index contributed by atoms with van der Waals surface area (Å²) >= 11 is -0.658. The molecular weight excluding hydrogens is 925 g/mol. The van der Waals surface area contributed by atoms with E-state index in [4.69, 9.17) is 9.72 Å². The number of pyridine rings is 2. The van der Waals surface area contributed by atoms with Crippen molar-refractivity contribution in [2.24, 2.45) is 0 Å². The van der Waals surface area contributed by atoms with E-state index in [1.54, 1.807) is 0 Å². The van der Waals surface area contributed by atoms with Gasteiger partial charge in [0.1, 0.15) is 0 Å². The Bertz CT molecular complexity index is 2210. The third kappa shape index (κ3) is 6.93. The molecule has 8 rings (SSSR count). The van der Waals surface area contributed by atoms with Crippen molar-refractivity contribution >= 4 is 68.1 Å². The molecule has 0 spiro atoms. The average molecular weight is 963 g/mol. The number of hydrogen-bond acceptors (Lipinski definition) is 6. The predicted octanol–water partition coefficient (Wildman–Crippen LogP) is 9.31. The van der Waals surface area contributed by atoms with Crippen LogP contribution >= 0.6 is 0 Å². The van der Waals surface area contributed by atoms with Crippen LogP contribution in [0.1, 0.15) is 52.7 Å². The number of aromatic nitrogens is 2. The van der Waals surface area contributed by atoms with Gasteiger partial charge in [-0.2, -0.15) is 0 Å². The molecule has 0 saturated carbocycles. The van der Waals surface area contributed by atoms with Crippen LogP contribution in [0.5, 0.6) is 11.5 Å². The second-order valence-corrected chi connectivity index (χ2v) is 17.7. The number of rotatable bonds is 5. The molecular formula is C43H38N5OPtTe-3. The van der Waals surface area contributed by atoms with Gasteiger partial charge in [0.15, 0.2) is 0 Å². The van der Waals surface area contributed by atoms with Gasteiger partial charge < -0.3 is 0 Å². The van der Waals surface area contributed by atoms with E-state index in [0.717, 1.165) is 39.9 Å². The molecule has 0 radical (unpaired) electrons. The van der Waals surface area contributed by atoms with Crippen molar-refractivity contribution in [1.82, 2.24) is 9.97 Å². The van der Waals surface area contributed by atoms with Gasteiger partial charge in [0.25, 0.3) is 0 Å². The summed E-state index contributed by atoms with van der Waals surface area (Å²) in [6, 6.07) is 41.1. The number of anilines is 7. The Morgan fingerprint density at radius 2 is 1.39 bits per heavy atom. The Labute approximate surface area is 325 Å². The summed E-state index contributed by atoms with van der Waals surface area (Å²) in [6.45, 7) is 15.5. The van der Waals surface area contributed by atoms with E-state index in [2.05, 4.69) is 159 Å². The third-order valence-electron chi connectivity index (χ3n) is 9.02. The summed E-state index contributed by atoms with van der Waals surface area (Å²) in [7, 11) is 0. The van der Waals surface area contributed by atoms with Gasteiger partial charge in [-0.1, -0.05) is 39.0 Å². The van der Waals surface area contributed by atoms with Gasteiger partial charge in [0.05, 0.1) is 0 Å². The molecule has 4 heterocycles. The Balaban J connectivity index is 0.00000406. The summed E-state index contributed by atoms with van der Waals surface area (Å²) in [4.78, 5) is 15.9. The fourth-order valence-electron chi connectivity index (χ4n) is 6.26. The first-order valence-corrected chi connectivity index (χ1v) is 19.1. The van der Waals surface area contributed by atoms with Crippen molar-refractivity contribution in [3.63, 3.8) is 0 Å². The van der Waals surface area contributed by atoms with Crippen molar-refractivity contribution in [3.8, 4) is 11.5 Å². The molecule has 6 aromatic rings. The topological polar surface area (TPSA) is 44.7 Å². The Kier molecular flexibility index (Phi) is 9.52. The van der Waals surface area contributed by atoms with Crippen LogP contribution < -0.4 is 26.7 Å². The largest absolute Gasteiger partial charge is 0.0565 e. The normalized spacial score (nSPS) is 13.6. The molecule has 0 bridgehead atoms. The van der Waals surface area contributed by atoms with Crippen molar-refractivity contribution in [1.29, 1.82) is 0 Å². The number of nitrogens with zero attached hydrogens (tertiary/aromatic N) is 5. The third-order valence-corrected chi connectivity index (χ3v) is 12.2. The maximum absolute atomic E-state index is 6.53. The van der Waals surface area contributed by atoms with Gasteiger partial charge in [-0.25, -0.2) is 0 Å². The molecule has 2 aliphatic rings. The van der Waals surface area contributed by atoms with Crippen LogP contribution in [-0.2, 0) is 31.9 Å². The minimum absolute atomic E-state index is 0. The second-order valence-electron chi connectivity index (χ2n) is 14.6. The second kappa shape index (κ2) is 13.8. The number of para-hydroxylation sites is 2. The monoisotopic (exact) mass is 965 g/mol. The molecule has 0 N–H and O–H groups in total. The molecule has 4 aromatic carbocycles. The van der Waals surface area contributed by atoms with Gasteiger partial charge in [-0.15, -0.1) is 0 Å². The molecule has 8 heteroatoms. The van der Waals surface area contributed by atoms with Crippen LogP contribution in [0.4, 0.5) is 39.9 Å². The fraction of sp³-hybridized carbons (Fsp3) is 0.186. The molecule has 6 nitrogen and oxygen atoms in total. The number of benzene rings is 4. The summed E-state index contributed by atoms with van der Waals surface area (Å²) in [5.74, 6) is 2.09. The molecule has 0 saturated heterocycles. The van der Waals surface area contributed by atoms with Crippen LogP contribution in [0, 0.1) is 18.8 Å². The number of fused-ring (bicyclic) bond motifs is 3. The minimum atomic E-state index is -0.658. The van der Waals surface area contributed by atoms with Crippen LogP contribution in [0.25, 0.3) is 0 Å². The SMILES string of the molecule is CC(C)(C)c1ccc(N2[CH-]N(c3[c-]c(Oc4[c-]c5c(cc4)[Te]c4ccncc4N5c4cc(C(C)(C)C)ccn4)ccc3)c3ccccc32)cc1.[Pt]. The van der Waals surface area contributed by atoms with Gasteiger partial charge in [0.2, 0.25) is 0 Å². The van der Waals surface area contributed by atoms with Gasteiger partial charge in [-0.05, 0) is 23.1 Å². The van der Waals surface area contributed by atoms with Crippen molar-refractivity contribution in [3.05, 3.63) is 146 Å². The van der Waals surface area contributed by atoms with Crippen LogP contribution in [0.15, 0.2) is 116 Å². The van der Waals surface area contributed by atoms with E-state index in [1.165, 1.54) is 18.3 Å². The van der Waals surface area contributed by atoms with Crippen molar-refractivity contribution in [2.75, 3.05) is 14.7 Å². The molecule has 51 heavy (non-hydrogen) atoms. The van der Waals surface area contributed by atoms with Crippen molar-refractivity contribution < 1.29 is 25.8 Å². The first kappa shape index (κ1) is 35.3. The van der Waals surface area contributed by atoms with Gasteiger partial charge in [-0.3, -0.25) is 0 Å². The number of ether oxygens (including phenoxy) is 1. The molecule has 0 amide bonds. The zero-order chi connectivity index (χ0) is 34.6. The first-order chi connectivity index (χ1) is 24.0. The standard InChI is InChI=1S/C43H38N5OTe.Pt/c1-42(2,3)29-14-16-31(17-15-29)46-28-47(36-13-8-7-12-35(36)46)32-10-9-11-33(25-32)49-34-18-19-39-37(26-34)48(38-27-44-22-21-40(38)50-39)41-24-30(20-23-45-41)43(4,5)6;/h7-24,27-28H,1-6H3;/q-3;. The Hall–Kier alpha value is -4.14. The summed E-state index contributed by atoms with van der Waals surface area (Å²) in [6.07, 6.45) is 5.72. The molecule has 260 valence electrons. The molecule has 0 atom stereocenters. The number of hydrogen-bond donors (Lipinski definition) is 0. The molecule has 2 aliphatic heterocycles. The van der Waals surface area contributed by atoms with E-state index in [0.29, 0.717) is 11.5 Å². The van der Waals surface area contributed by atoms with Crippen LogP contribution in [0.3, 0.4) is 0 Å². The molecule has 0 fully saturated rings. The first-order valence-electron chi connectivity index (χ1n) is 16.8. The van der Waals surface area contributed by atoms with Gasteiger partial charge in [0, 0.05) is 21.1 Å². The molecule has 0 aliphatic carbocycles. The van der Waals surface area contributed by atoms with Crippen LogP contribution in [0.2, 0.25) is 0 Å². The Morgan fingerprint density at radius 1 is 0.667 bits per heavy atom. The maximum atomic E-state index is 6.53. The maximum Gasteiger partial charge on any atom is 0 e. The van der Waals surface area contributed by atoms with E-state index in [9.17, 15) is 0 Å². The average Bonchev–Trinajstić information content (AvgIpc) is 3.50. The smallest absolute Gasteiger partial charge is 0 e. The van der Waals surface area contributed by atoms with E-state index in [-0.39, 0.29) is 31.9 Å². The molecule has 2 aromatic heterocycles. The zero-order valence-electron chi connectivity index (χ0n) is 29.4. The van der Waals surface area contributed by atoms with E-state index < -0.39 is 20.9 Å².